The van der Waals surface area contributed by atoms with Crippen molar-refractivity contribution >= 4 is 40.5 Å². The first kappa shape index (κ1) is 15.3. The Bertz CT molecular complexity index is 670. The Morgan fingerprint density at radius 3 is 2.71 bits per heavy atom. The molecule has 1 amide bonds. The summed E-state index contributed by atoms with van der Waals surface area (Å²) >= 11 is 6.99. The Labute approximate surface area is 130 Å². The molecule has 0 aliphatic carbocycles. The number of anilines is 1. The van der Waals surface area contributed by atoms with Gasteiger partial charge in [-0.2, -0.15) is 0 Å². The van der Waals surface area contributed by atoms with Crippen LogP contribution in [-0.4, -0.2) is 23.1 Å². The normalized spacial score (nSPS) is 11.7. The molecule has 0 fully saturated rings. The third-order valence-electron chi connectivity index (χ3n) is 2.63. The van der Waals surface area contributed by atoms with Crippen LogP contribution in [0.1, 0.15) is 16.6 Å². The van der Waals surface area contributed by atoms with Crippen LogP contribution in [-0.2, 0) is 4.79 Å². The summed E-state index contributed by atoms with van der Waals surface area (Å²) in [7, 11) is 0. The molecule has 1 atom stereocenters. The monoisotopic (exact) mass is 325 g/mol. The Hall–Kier alpha value is -2.05. The van der Waals surface area contributed by atoms with Gasteiger partial charge in [0.25, 0.3) is 5.91 Å². The number of carbonyl (C=O) groups is 2. The first-order valence-electron chi connectivity index (χ1n) is 6.02. The van der Waals surface area contributed by atoms with Gasteiger partial charge in [0.2, 0.25) is 0 Å². The lowest BCUT2D eigenvalue weighted by atomic mass is 10.3. The molecule has 0 aliphatic heterocycles. The second-order valence-electron chi connectivity index (χ2n) is 4.15. The molecule has 5 nitrogen and oxygen atoms in total. The second kappa shape index (κ2) is 6.60. The number of hydrogen-bond donors (Lipinski definition) is 2. The number of hydrogen-bond acceptors (Lipinski definition) is 4. The Morgan fingerprint density at radius 1 is 1.33 bits per heavy atom. The molecule has 1 aromatic carbocycles. The third-order valence-corrected chi connectivity index (χ3v) is 3.84. The van der Waals surface area contributed by atoms with Crippen LogP contribution in [0.3, 0.4) is 0 Å². The molecule has 1 unspecified atom stereocenters. The molecule has 0 aliphatic rings. The fraction of sp³-hybridized carbons (Fsp3) is 0.143. The molecule has 1 aromatic heterocycles. The zero-order valence-electron chi connectivity index (χ0n) is 11.0. The summed E-state index contributed by atoms with van der Waals surface area (Å²) in [6, 6.07) is 8.34. The van der Waals surface area contributed by atoms with E-state index in [0.29, 0.717) is 10.8 Å². The van der Waals surface area contributed by atoms with Crippen molar-refractivity contribution in [3.63, 3.8) is 0 Å². The summed E-state index contributed by atoms with van der Waals surface area (Å²) in [5, 5.41) is 13.5. The van der Waals surface area contributed by atoms with Crippen LogP contribution in [0.2, 0.25) is 5.02 Å². The Kier molecular flexibility index (Phi) is 4.82. The van der Waals surface area contributed by atoms with Crippen molar-refractivity contribution in [2.45, 2.75) is 13.0 Å². The van der Waals surface area contributed by atoms with E-state index in [-0.39, 0.29) is 10.6 Å². The molecule has 7 heteroatoms. The first-order chi connectivity index (χ1) is 9.99. The lowest BCUT2D eigenvalue weighted by Gasteiger charge is -2.15. The van der Waals surface area contributed by atoms with Gasteiger partial charge in [0, 0.05) is 0 Å². The molecule has 110 valence electrons. The molecule has 0 saturated heterocycles. The molecule has 1 heterocycles. The van der Waals surface area contributed by atoms with Gasteiger partial charge < -0.3 is 15.2 Å². The van der Waals surface area contributed by atoms with Crippen LogP contribution in [0.4, 0.5) is 5.69 Å². The SMILES string of the molecule is CC(Oc1ccccc1Cl)C(=O)Nc1ccsc1C(=O)O. The van der Waals surface area contributed by atoms with Crippen molar-refractivity contribution in [3.05, 3.63) is 45.6 Å². The number of carboxylic acid groups (broad SMARTS) is 1. The predicted molar refractivity (Wildman–Crippen MR) is 81.5 cm³/mol. The fourth-order valence-electron chi connectivity index (χ4n) is 1.59. The van der Waals surface area contributed by atoms with E-state index in [1.54, 1.807) is 36.6 Å². The van der Waals surface area contributed by atoms with Crippen molar-refractivity contribution in [2.24, 2.45) is 0 Å². The number of benzene rings is 1. The van der Waals surface area contributed by atoms with E-state index in [4.69, 9.17) is 21.4 Å². The number of rotatable bonds is 5. The standard InChI is InChI=1S/C14H12ClNO4S/c1-8(20-11-5-3-2-4-9(11)15)13(17)16-10-6-7-21-12(10)14(18)19/h2-8H,1H3,(H,16,17)(H,18,19). The van der Waals surface area contributed by atoms with Crippen molar-refractivity contribution in [1.82, 2.24) is 0 Å². The van der Waals surface area contributed by atoms with Crippen LogP contribution >= 0.6 is 22.9 Å². The van der Waals surface area contributed by atoms with Gasteiger partial charge in [-0.05, 0) is 30.5 Å². The maximum Gasteiger partial charge on any atom is 0.348 e. The van der Waals surface area contributed by atoms with E-state index in [9.17, 15) is 9.59 Å². The molecule has 21 heavy (non-hydrogen) atoms. The number of thiophene rings is 1. The molecule has 0 saturated carbocycles. The van der Waals surface area contributed by atoms with Crippen molar-refractivity contribution in [3.8, 4) is 5.75 Å². The van der Waals surface area contributed by atoms with E-state index in [0.717, 1.165) is 11.3 Å². The zero-order chi connectivity index (χ0) is 15.4. The van der Waals surface area contributed by atoms with Gasteiger partial charge in [0.15, 0.2) is 6.10 Å². The molecule has 2 N–H and O–H groups in total. The summed E-state index contributed by atoms with van der Waals surface area (Å²) in [5.74, 6) is -1.14. The summed E-state index contributed by atoms with van der Waals surface area (Å²) in [6.45, 7) is 1.56. The molecule has 2 rings (SSSR count). The number of ether oxygens (including phenoxy) is 1. The van der Waals surface area contributed by atoms with Gasteiger partial charge in [-0.15, -0.1) is 11.3 Å². The van der Waals surface area contributed by atoms with Gasteiger partial charge in [0.1, 0.15) is 10.6 Å². The highest BCUT2D eigenvalue weighted by Gasteiger charge is 2.19. The minimum absolute atomic E-state index is 0.0771. The highest BCUT2D eigenvalue weighted by molar-refractivity contribution is 7.12. The van der Waals surface area contributed by atoms with E-state index in [1.165, 1.54) is 6.07 Å². The number of carboxylic acids is 1. The Morgan fingerprint density at radius 2 is 2.05 bits per heavy atom. The lowest BCUT2D eigenvalue weighted by molar-refractivity contribution is -0.122. The quantitative estimate of drug-likeness (QED) is 0.882. The minimum Gasteiger partial charge on any atom is -0.479 e. The summed E-state index contributed by atoms with van der Waals surface area (Å²) in [5.41, 5.74) is 0.257. The predicted octanol–water partition coefficient (Wildman–Crippen LogP) is 3.51. The number of nitrogens with one attached hydrogen (secondary N) is 1. The number of halogens is 1. The molecule has 0 spiro atoms. The van der Waals surface area contributed by atoms with Gasteiger partial charge in [0.05, 0.1) is 10.7 Å². The second-order valence-corrected chi connectivity index (χ2v) is 5.47. The third kappa shape index (κ3) is 3.74. The number of carbonyl (C=O) groups excluding carboxylic acids is 1. The molecular weight excluding hydrogens is 314 g/mol. The number of amides is 1. The largest absolute Gasteiger partial charge is 0.479 e. The lowest BCUT2D eigenvalue weighted by Crippen LogP contribution is -2.30. The van der Waals surface area contributed by atoms with E-state index in [1.807, 2.05) is 0 Å². The van der Waals surface area contributed by atoms with Crippen molar-refractivity contribution < 1.29 is 19.4 Å². The number of para-hydroxylation sites is 1. The van der Waals surface area contributed by atoms with Crippen LogP contribution in [0.5, 0.6) is 5.75 Å². The smallest absolute Gasteiger partial charge is 0.348 e. The van der Waals surface area contributed by atoms with Crippen LogP contribution in [0.25, 0.3) is 0 Å². The van der Waals surface area contributed by atoms with E-state index >= 15 is 0 Å². The maximum absolute atomic E-state index is 12.0. The highest BCUT2D eigenvalue weighted by Crippen LogP contribution is 2.25. The van der Waals surface area contributed by atoms with Crippen LogP contribution in [0.15, 0.2) is 35.7 Å². The van der Waals surface area contributed by atoms with Gasteiger partial charge >= 0.3 is 5.97 Å². The summed E-state index contributed by atoms with van der Waals surface area (Å²) in [4.78, 5) is 23.1. The average Bonchev–Trinajstić information content (AvgIpc) is 2.89. The Balaban J connectivity index is 2.05. The molecule has 2 aromatic rings. The topological polar surface area (TPSA) is 75.6 Å². The van der Waals surface area contributed by atoms with Gasteiger partial charge in [-0.25, -0.2) is 4.79 Å². The zero-order valence-corrected chi connectivity index (χ0v) is 12.6. The summed E-state index contributed by atoms with van der Waals surface area (Å²) < 4.78 is 5.47. The van der Waals surface area contributed by atoms with Crippen molar-refractivity contribution in [2.75, 3.05) is 5.32 Å². The van der Waals surface area contributed by atoms with E-state index < -0.39 is 18.0 Å². The average molecular weight is 326 g/mol. The van der Waals surface area contributed by atoms with Crippen LogP contribution < -0.4 is 10.1 Å². The minimum atomic E-state index is -1.08. The molecule has 0 radical (unpaired) electrons. The first-order valence-corrected chi connectivity index (χ1v) is 7.27. The highest BCUT2D eigenvalue weighted by atomic mass is 35.5. The van der Waals surface area contributed by atoms with Crippen LogP contribution in [0, 0.1) is 0 Å². The fourth-order valence-corrected chi connectivity index (χ4v) is 2.46. The number of aromatic carboxylic acids is 1. The molecule has 0 bridgehead atoms. The van der Waals surface area contributed by atoms with Gasteiger partial charge in [-0.3, -0.25) is 4.79 Å². The van der Waals surface area contributed by atoms with Crippen molar-refractivity contribution in [1.29, 1.82) is 0 Å². The maximum atomic E-state index is 12.0. The van der Waals surface area contributed by atoms with Gasteiger partial charge in [-0.1, -0.05) is 23.7 Å². The summed E-state index contributed by atoms with van der Waals surface area (Å²) in [6.07, 6.45) is -0.813. The van der Waals surface area contributed by atoms with E-state index in [2.05, 4.69) is 5.32 Å². The molecular formula is C14H12ClNO4S.